The van der Waals surface area contributed by atoms with Gasteiger partial charge in [-0.3, -0.25) is 14.2 Å². The minimum absolute atomic E-state index is 0.180. The molecular formula is C35H26FN5O2S. The number of hydrogen-bond acceptors (Lipinski definition) is 5. The van der Waals surface area contributed by atoms with Gasteiger partial charge >= 0.3 is 0 Å². The van der Waals surface area contributed by atoms with Crippen molar-refractivity contribution in [2.24, 2.45) is 0 Å². The van der Waals surface area contributed by atoms with Crippen LogP contribution in [0, 0.1) is 12.7 Å². The van der Waals surface area contributed by atoms with Gasteiger partial charge in [-0.15, -0.1) is 11.3 Å². The van der Waals surface area contributed by atoms with Gasteiger partial charge in [0.1, 0.15) is 11.5 Å². The number of imidazole rings is 1. The topological polar surface area (TPSA) is 80.1 Å². The van der Waals surface area contributed by atoms with Crippen LogP contribution in [0.4, 0.5) is 15.8 Å². The van der Waals surface area contributed by atoms with Crippen LogP contribution in [0.3, 0.4) is 0 Å². The number of hydrogen-bond donors (Lipinski definition) is 1. The Morgan fingerprint density at radius 1 is 0.932 bits per heavy atom. The van der Waals surface area contributed by atoms with Gasteiger partial charge in [-0.2, -0.15) is 0 Å². The first kappa shape index (κ1) is 27.4. The van der Waals surface area contributed by atoms with E-state index in [1.165, 1.54) is 17.4 Å². The normalized spacial score (nSPS) is 12.3. The first-order valence-corrected chi connectivity index (χ1v) is 15.0. The molecule has 1 aliphatic rings. The molecule has 0 unspecified atom stereocenters. The third kappa shape index (κ3) is 4.97. The number of carbonyl (C=O) groups is 2. The van der Waals surface area contributed by atoms with Gasteiger partial charge in [-0.1, -0.05) is 54.6 Å². The number of pyridine rings is 1. The number of benzene rings is 3. The van der Waals surface area contributed by atoms with E-state index in [1.807, 2.05) is 77.4 Å². The standard InChI is InChI=1S/C35H26FN5O2S/c1-22-9-7-13-26(36)32(22)39-34(42)31-19-23-17-18-40(29-16-6-5-12-25(29)33(23)44-31)35(43)28-15-8-14-27(38-28)30-20-37-21-41(30)24-10-3-2-4-11-24/h2-16,19-21H,17-18H2,1H3,(H,39,42). The number of thiophene rings is 1. The second-order valence-corrected chi connectivity index (χ2v) is 11.5. The molecule has 7 nitrogen and oxygen atoms in total. The molecule has 6 aromatic rings. The van der Waals surface area contributed by atoms with E-state index in [0.29, 0.717) is 34.8 Å². The van der Waals surface area contributed by atoms with Gasteiger partial charge in [0, 0.05) is 22.7 Å². The first-order valence-electron chi connectivity index (χ1n) is 14.1. The molecule has 44 heavy (non-hydrogen) atoms. The van der Waals surface area contributed by atoms with Crippen molar-refractivity contribution in [1.29, 1.82) is 0 Å². The van der Waals surface area contributed by atoms with Crippen LogP contribution in [0.1, 0.15) is 31.3 Å². The van der Waals surface area contributed by atoms with E-state index < -0.39 is 5.82 Å². The summed E-state index contributed by atoms with van der Waals surface area (Å²) in [5.74, 6) is -1.05. The quantitative estimate of drug-likeness (QED) is 0.222. The Bertz CT molecular complexity index is 2010. The van der Waals surface area contributed by atoms with Gasteiger partial charge in [-0.25, -0.2) is 14.4 Å². The zero-order chi connectivity index (χ0) is 30.2. The van der Waals surface area contributed by atoms with Crippen LogP contribution in [0.2, 0.25) is 0 Å². The minimum atomic E-state index is -0.474. The Balaban J connectivity index is 1.19. The molecule has 0 bridgehead atoms. The second-order valence-electron chi connectivity index (χ2n) is 10.5. The van der Waals surface area contributed by atoms with Crippen molar-refractivity contribution >= 4 is 34.5 Å². The van der Waals surface area contributed by atoms with Gasteiger partial charge in [0.15, 0.2) is 0 Å². The highest BCUT2D eigenvalue weighted by Gasteiger charge is 2.28. The lowest BCUT2D eigenvalue weighted by molar-refractivity contribution is 0.0981. The van der Waals surface area contributed by atoms with Crippen molar-refractivity contribution < 1.29 is 14.0 Å². The Kier molecular flexibility index (Phi) is 7.07. The fraction of sp³-hybridized carbons (Fsp3) is 0.0857. The summed E-state index contributed by atoms with van der Waals surface area (Å²) in [7, 11) is 0. The molecule has 4 heterocycles. The van der Waals surface area contributed by atoms with Gasteiger partial charge in [-0.05, 0) is 66.9 Å². The summed E-state index contributed by atoms with van der Waals surface area (Å²) >= 11 is 1.34. The van der Waals surface area contributed by atoms with E-state index in [2.05, 4.69) is 10.3 Å². The second kappa shape index (κ2) is 11.3. The smallest absolute Gasteiger partial charge is 0.276 e. The number of aromatic nitrogens is 3. The monoisotopic (exact) mass is 599 g/mol. The number of anilines is 2. The molecule has 0 atom stereocenters. The number of fused-ring (bicyclic) bond motifs is 3. The maximum absolute atomic E-state index is 14.4. The molecule has 3 aromatic heterocycles. The minimum Gasteiger partial charge on any atom is -0.319 e. The number of carbonyl (C=O) groups excluding carboxylic acids is 2. The molecular weight excluding hydrogens is 573 g/mol. The number of aryl methyl sites for hydroxylation is 1. The van der Waals surface area contributed by atoms with Crippen molar-refractivity contribution in [2.75, 3.05) is 16.8 Å². The van der Waals surface area contributed by atoms with E-state index in [-0.39, 0.29) is 17.5 Å². The maximum atomic E-state index is 14.4. The highest BCUT2D eigenvalue weighted by atomic mass is 32.1. The summed E-state index contributed by atoms with van der Waals surface area (Å²) in [4.78, 5) is 39.5. The number of nitrogens with zero attached hydrogens (tertiary/aromatic N) is 4. The zero-order valence-corrected chi connectivity index (χ0v) is 24.5. The Morgan fingerprint density at radius 3 is 2.57 bits per heavy atom. The van der Waals surface area contributed by atoms with Crippen LogP contribution in [0.5, 0.6) is 0 Å². The summed E-state index contributed by atoms with van der Waals surface area (Å²) in [6, 6.07) is 29.5. The van der Waals surface area contributed by atoms with Crippen LogP contribution in [0.15, 0.2) is 110 Å². The highest BCUT2D eigenvalue weighted by Crippen LogP contribution is 2.42. The number of rotatable bonds is 5. The molecule has 7 rings (SSSR count). The summed E-state index contributed by atoms with van der Waals surface area (Å²) in [6.45, 7) is 2.16. The van der Waals surface area contributed by atoms with E-state index in [4.69, 9.17) is 4.98 Å². The Morgan fingerprint density at radius 2 is 1.73 bits per heavy atom. The third-order valence-corrected chi connectivity index (χ3v) is 8.90. The lowest BCUT2D eigenvalue weighted by Gasteiger charge is -2.23. The molecule has 2 amide bonds. The van der Waals surface area contributed by atoms with Crippen LogP contribution >= 0.6 is 11.3 Å². The van der Waals surface area contributed by atoms with Crippen LogP contribution in [-0.2, 0) is 6.42 Å². The number of halogens is 1. The molecule has 3 aromatic carbocycles. The Labute approximate surface area is 257 Å². The number of nitrogens with one attached hydrogen (secondary N) is 1. The first-order chi connectivity index (χ1) is 21.5. The molecule has 9 heteroatoms. The lowest BCUT2D eigenvalue weighted by atomic mass is 10.1. The molecule has 0 fully saturated rings. The predicted molar refractivity (Wildman–Crippen MR) is 171 cm³/mol. The van der Waals surface area contributed by atoms with E-state index in [9.17, 15) is 14.0 Å². The zero-order valence-electron chi connectivity index (χ0n) is 23.7. The van der Waals surface area contributed by atoms with E-state index in [1.54, 1.807) is 42.5 Å². The van der Waals surface area contributed by atoms with E-state index >= 15 is 0 Å². The van der Waals surface area contributed by atoms with Gasteiger partial charge in [0.05, 0.1) is 40.2 Å². The van der Waals surface area contributed by atoms with Gasteiger partial charge < -0.3 is 10.2 Å². The highest BCUT2D eigenvalue weighted by molar-refractivity contribution is 7.17. The summed E-state index contributed by atoms with van der Waals surface area (Å²) < 4.78 is 16.3. The van der Waals surface area contributed by atoms with Crippen LogP contribution in [0.25, 0.3) is 27.5 Å². The van der Waals surface area contributed by atoms with Crippen molar-refractivity contribution in [3.8, 4) is 27.5 Å². The van der Waals surface area contributed by atoms with Crippen molar-refractivity contribution in [3.63, 3.8) is 0 Å². The van der Waals surface area contributed by atoms with Crippen molar-refractivity contribution in [1.82, 2.24) is 14.5 Å². The number of amides is 2. The van der Waals surface area contributed by atoms with E-state index in [0.717, 1.165) is 33.1 Å². The summed E-state index contributed by atoms with van der Waals surface area (Å²) in [6.07, 6.45) is 4.01. The average Bonchev–Trinajstić information content (AvgIpc) is 3.69. The predicted octanol–water partition coefficient (Wildman–Crippen LogP) is 7.57. The summed E-state index contributed by atoms with van der Waals surface area (Å²) in [5.41, 5.74) is 6.08. The fourth-order valence-electron chi connectivity index (χ4n) is 5.50. The van der Waals surface area contributed by atoms with Crippen LogP contribution in [-0.4, -0.2) is 32.9 Å². The molecule has 0 spiro atoms. The molecule has 216 valence electrons. The largest absolute Gasteiger partial charge is 0.319 e. The Hall–Kier alpha value is -5.41. The van der Waals surface area contributed by atoms with Crippen LogP contribution < -0.4 is 10.2 Å². The maximum Gasteiger partial charge on any atom is 0.276 e. The lowest BCUT2D eigenvalue weighted by Crippen LogP contribution is -2.33. The average molecular weight is 600 g/mol. The van der Waals surface area contributed by atoms with Crippen molar-refractivity contribution in [3.05, 3.63) is 137 Å². The molecule has 1 N–H and O–H groups in total. The molecule has 0 aliphatic carbocycles. The molecule has 0 saturated carbocycles. The van der Waals surface area contributed by atoms with Crippen molar-refractivity contribution in [2.45, 2.75) is 13.3 Å². The third-order valence-electron chi connectivity index (χ3n) is 7.69. The summed E-state index contributed by atoms with van der Waals surface area (Å²) in [5, 5.41) is 2.74. The molecule has 0 saturated heterocycles. The fourth-order valence-corrected chi connectivity index (χ4v) is 6.64. The van der Waals surface area contributed by atoms with Gasteiger partial charge in [0.25, 0.3) is 11.8 Å². The number of para-hydroxylation sites is 3. The molecule has 1 aliphatic heterocycles. The SMILES string of the molecule is Cc1cccc(F)c1NC(=O)c1cc2c(s1)-c1ccccc1N(C(=O)c1cccc(-c3cncn3-c3ccccc3)n1)CC2. The molecule has 0 radical (unpaired) electrons. The van der Waals surface area contributed by atoms with Gasteiger partial charge in [0.2, 0.25) is 0 Å².